The van der Waals surface area contributed by atoms with Crippen LogP contribution in [0, 0.1) is 11.8 Å². The lowest BCUT2D eigenvalue weighted by Gasteiger charge is -2.31. The lowest BCUT2D eigenvalue weighted by molar-refractivity contribution is -0.144. The van der Waals surface area contributed by atoms with E-state index in [0.717, 1.165) is 0 Å². The molecule has 0 aromatic heterocycles. The summed E-state index contributed by atoms with van der Waals surface area (Å²) in [7, 11) is 0. The molecule has 0 radical (unpaired) electrons. The Morgan fingerprint density at radius 2 is 1.17 bits per heavy atom. The fourth-order valence-corrected chi connectivity index (χ4v) is 6.76. The first-order valence-corrected chi connectivity index (χ1v) is 19.7. The monoisotopic (exact) mass is 824 g/mol. The molecule has 0 aromatic carbocycles. The molecule has 7 amide bonds. The molecule has 2 aliphatic rings. The first kappa shape index (κ1) is 48.8. The molecule has 326 valence electrons. The Morgan fingerprint density at radius 1 is 0.655 bits per heavy atom. The van der Waals surface area contributed by atoms with Crippen molar-refractivity contribution in [2.75, 3.05) is 19.6 Å². The summed E-state index contributed by atoms with van der Waals surface area (Å²) < 4.78 is 0. The van der Waals surface area contributed by atoms with Crippen LogP contribution < -0.4 is 32.3 Å². The molecular formula is C37H60N8O13. The predicted octanol–water partition coefficient (Wildman–Crippen LogP) is -1.72. The van der Waals surface area contributed by atoms with E-state index >= 15 is 0 Å². The third-order valence-corrected chi connectivity index (χ3v) is 10.7. The number of nitrogens with zero attached hydrogens (tertiary/aromatic N) is 2. The van der Waals surface area contributed by atoms with Gasteiger partial charge in [0.05, 0.1) is 12.6 Å². The maximum absolute atomic E-state index is 13.9. The topological polar surface area (TPSA) is 324 Å². The van der Waals surface area contributed by atoms with E-state index in [9.17, 15) is 58.2 Å². The Kier molecular flexibility index (Phi) is 19.5. The predicted molar refractivity (Wildman–Crippen MR) is 204 cm³/mol. The van der Waals surface area contributed by atoms with Crippen LogP contribution in [-0.4, -0.2) is 146 Å². The minimum Gasteiger partial charge on any atom is -0.481 e. The standard InChI is InChI=1S/C37H60N8O13/c1-6-19(3)29(34(54)40-21(5)31(51)43-30(37(57)58)20(4)7-2)42-33(53)25-11-9-17-45(25)36(56)23(13-15-28(49)50)41-26(46)18-39-32(52)24-10-8-16-44(24)35(55)22(38)12-14-27(47)48/h19-25,29-30H,6-18,38H2,1-5H3,(H,39,52)(H,40,54)(H,41,46)(H,42,53)(H,43,51)(H,47,48)(H,49,50)(H,57,58)/t19-,20-,21-,22-,23-,24-,25-,29-,30-/m0/s1. The fraction of sp³-hybridized carbons (Fsp3) is 0.730. The van der Waals surface area contributed by atoms with E-state index < -0.39 is 120 Å². The van der Waals surface area contributed by atoms with Crippen molar-refractivity contribution in [2.24, 2.45) is 17.6 Å². The smallest absolute Gasteiger partial charge is 0.326 e. The molecule has 2 fully saturated rings. The summed E-state index contributed by atoms with van der Waals surface area (Å²) in [6.07, 6.45) is 0.845. The number of carbonyl (C=O) groups is 10. The second-order valence-electron chi connectivity index (χ2n) is 15.0. The summed E-state index contributed by atoms with van der Waals surface area (Å²) in [4.78, 5) is 129. The number of nitrogens with one attached hydrogen (secondary N) is 5. The van der Waals surface area contributed by atoms with Crippen LogP contribution in [0.2, 0.25) is 0 Å². The van der Waals surface area contributed by atoms with Crippen molar-refractivity contribution >= 4 is 59.3 Å². The minimum absolute atomic E-state index is 0.0750. The highest BCUT2D eigenvalue weighted by Crippen LogP contribution is 2.22. The van der Waals surface area contributed by atoms with Crippen molar-refractivity contribution in [3.05, 3.63) is 0 Å². The van der Waals surface area contributed by atoms with Gasteiger partial charge in [0.1, 0.15) is 36.3 Å². The Balaban J connectivity index is 2.12. The number of aliphatic carboxylic acids is 3. The average Bonchev–Trinajstić information content (AvgIpc) is 3.88. The van der Waals surface area contributed by atoms with Crippen LogP contribution in [0.5, 0.6) is 0 Å². The van der Waals surface area contributed by atoms with Gasteiger partial charge < -0.3 is 57.4 Å². The van der Waals surface area contributed by atoms with Gasteiger partial charge in [-0.15, -0.1) is 0 Å². The zero-order valence-electron chi connectivity index (χ0n) is 33.8. The van der Waals surface area contributed by atoms with Gasteiger partial charge in [-0.1, -0.05) is 40.5 Å². The van der Waals surface area contributed by atoms with Gasteiger partial charge in [0, 0.05) is 25.9 Å². The first-order valence-electron chi connectivity index (χ1n) is 19.7. The molecule has 0 bridgehead atoms. The van der Waals surface area contributed by atoms with Gasteiger partial charge in [-0.2, -0.15) is 0 Å². The van der Waals surface area contributed by atoms with Gasteiger partial charge in [-0.25, -0.2) is 4.79 Å². The van der Waals surface area contributed by atoms with E-state index in [1.165, 1.54) is 16.7 Å². The highest BCUT2D eigenvalue weighted by atomic mass is 16.4. The maximum Gasteiger partial charge on any atom is 0.326 e. The number of hydrogen-bond acceptors (Lipinski definition) is 11. The quantitative estimate of drug-likeness (QED) is 0.0554. The zero-order chi connectivity index (χ0) is 43.9. The number of nitrogens with two attached hydrogens (primary N) is 1. The van der Waals surface area contributed by atoms with Crippen LogP contribution in [0.1, 0.15) is 98.8 Å². The molecule has 0 spiro atoms. The van der Waals surface area contributed by atoms with Crippen molar-refractivity contribution in [1.82, 2.24) is 36.4 Å². The van der Waals surface area contributed by atoms with E-state index in [0.29, 0.717) is 25.7 Å². The third-order valence-electron chi connectivity index (χ3n) is 10.7. The number of carboxylic acid groups (broad SMARTS) is 3. The number of carbonyl (C=O) groups excluding carboxylic acids is 7. The lowest BCUT2D eigenvalue weighted by atomic mass is 9.97. The summed E-state index contributed by atoms with van der Waals surface area (Å²) in [6.45, 7) is 7.94. The largest absolute Gasteiger partial charge is 0.481 e. The molecule has 58 heavy (non-hydrogen) atoms. The summed E-state index contributed by atoms with van der Waals surface area (Å²) >= 11 is 0. The molecule has 0 saturated carbocycles. The molecule has 10 N–H and O–H groups in total. The molecule has 21 nitrogen and oxygen atoms in total. The van der Waals surface area contributed by atoms with Gasteiger partial charge in [0.15, 0.2) is 0 Å². The van der Waals surface area contributed by atoms with Gasteiger partial charge in [-0.05, 0) is 57.3 Å². The van der Waals surface area contributed by atoms with Crippen LogP contribution in [0.3, 0.4) is 0 Å². The third kappa shape index (κ3) is 14.2. The fourth-order valence-electron chi connectivity index (χ4n) is 6.76. The van der Waals surface area contributed by atoms with Crippen molar-refractivity contribution in [1.29, 1.82) is 0 Å². The summed E-state index contributed by atoms with van der Waals surface area (Å²) in [5, 5.41) is 40.3. The Hall–Kier alpha value is -5.34. The normalized spacial score (nSPS) is 20.0. The first-order chi connectivity index (χ1) is 27.2. The second kappa shape index (κ2) is 23.2. The summed E-state index contributed by atoms with van der Waals surface area (Å²) in [6, 6.07) is -8.12. The molecule has 2 saturated heterocycles. The van der Waals surface area contributed by atoms with Crippen molar-refractivity contribution in [2.45, 2.75) is 141 Å². The molecule has 9 atom stereocenters. The molecule has 2 aliphatic heterocycles. The van der Waals surface area contributed by atoms with E-state index in [1.807, 2.05) is 0 Å². The molecule has 0 aliphatic carbocycles. The van der Waals surface area contributed by atoms with Gasteiger partial charge in [-0.3, -0.25) is 43.2 Å². The van der Waals surface area contributed by atoms with E-state index in [1.54, 1.807) is 27.7 Å². The van der Waals surface area contributed by atoms with E-state index in [-0.39, 0.29) is 51.1 Å². The zero-order valence-corrected chi connectivity index (χ0v) is 33.8. The summed E-state index contributed by atoms with van der Waals surface area (Å²) in [5.74, 6) is -9.48. The highest BCUT2D eigenvalue weighted by molar-refractivity contribution is 5.97. The SMILES string of the molecule is CC[C@H](C)[C@H](NC(=O)[C@H](C)NC(=O)[C@@H](NC(=O)[C@@H]1CCCN1C(=O)[C@H](CCC(=O)O)NC(=O)CNC(=O)[C@@H]1CCCN1C(=O)[C@@H](N)CCC(=O)O)[C@@H](C)CC)C(=O)O. The van der Waals surface area contributed by atoms with Gasteiger partial charge in [0.2, 0.25) is 41.4 Å². The average molecular weight is 825 g/mol. The number of likely N-dealkylation sites (tertiary alicyclic amines) is 2. The Bertz CT molecular complexity index is 1540. The Morgan fingerprint density at radius 3 is 1.71 bits per heavy atom. The van der Waals surface area contributed by atoms with Crippen LogP contribution in [-0.2, 0) is 47.9 Å². The number of amides is 7. The van der Waals surface area contributed by atoms with Crippen molar-refractivity contribution in [3.8, 4) is 0 Å². The summed E-state index contributed by atoms with van der Waals surface area (Å²) in [5.41, 5.74) is 5.86. The van der Waals surface area contributed by atoms with Crippen LogP contribution in [0.25, 0.3) is 0 Å². The Labute approximate surface area is 336 Å². The van der Waals surface area contributed by atoms with Crippen LogP contribution >= 0.6 is 0 Å². The highest BCUT2D eigenvalue weighted by Gasteiger charge is 2.41. The van der Waals surface area contributed by atoms with Gasteiger partial charge in [0.25, 0.3) is 0 Å². The van der Waals surface area contributed by atoms with Gasteiger partial charge >= 0.3 is 17.9 Å². The number of hydrogen-bond donors (Lipinski definition) is 9. The number of carboxylic acids is 3. The number of rotatable bonds is 23. The van der Waals surface area contributed by atoms with Crippen molar-refractivity contribution in [3.63, 3.8) is 0 Å². The lowest BCUT2D eigenvalue weighted by Crippen LogP contribution is -2.59. The molecule has 2 rings (SSSR count). The molecular weight excluding hydrogens is 764 g/mol. The molecule has 21 heteroatoms. The molecule has 0 aromatic rings. The van der Waals surface area contributed by atoms with Crippen LogP contribution in [0.15, 0.2) is 0 Å². The van der Waals surface area contributed by atoms with Crippen LogP contribution in [0.4, 0.5) is 0 Å². The maximum atomic E-state index is 13.9. The van der Waals surface area contributed by atoms with E-state index in [4.69, 9.17) is 10.8 Å². The van der Waals surface area contributed by atoms with Crippen molar-refractivity contribution < 1.29 is 63.3 Å². The van der Waals surface area contributed by atoms with E-state index in [2.05, 4.69) is 26.6 Å². The minimum atomic E-state index is -1.41. The molecule has 2 heterocycles. The second-order valence-corrected chi connectivity index (χ2v) is 15.0. The molecule has 0 unspecified atom stereocenters.